The molecule has 1 saturated heterocycles. The maximum absolute atomic E-state index is 12.0. The molecule has 1 N–H and O–H groups in total. The minimum Gasteiger partial charge on any atom is -0.444 e. The van der Waals surface area contributed by atoms with E-state index in [0.717, 1.165) is 12.1 Å². The van der Waals surface area contributed by atoms with Crippen LogP contribution in [0.15, 0.2) is 24.3 Å². The maximum atomic E-state index is 12.0. The smallest absolute Gasteiger partial charge is 0.410 e. The van der Waals surface area contributed by atoms with E-state index in [1.165, 1.54) is 12.1 Å². The molecule has 0 aromatic heterocycles. The second-order valence-corrected chi connectivity index (χ2v) is 6.36. The van der Waals surface area contributed by atoms with Gasteiger partial charge in [0.15, 0.2) is 0 Å². The molecule has 120 valence electrons. The number of carbonyl (C=O) groups excluding carboxylic acids is 1. The summed E-state index contributed by atoms with van der Waals surface area (Å²) >= 11 is 0. The second-order valence-electron chi connectivity index (χ2n) is 6.36. The summed E-state index contributed by atoms with van der Waals surface area (Å²) in [7, 11) is 0. The Hall–Kier alpha value is -2.31. The number of nitro groups is 1. The van der Waals surface area contributed by atoms with Crippen LogP contribution in [0.4, 0.5) is 16.2 Å². The third kappa shape index (κ3) is 4.34. The van der Waals surface area contributed by atoms with Gasteiger partial charge in [-0.2, -0.15) is 0 Å². The maximum Gasteiger partial charge on any atom is 0.410 e. The molecule has 0 spiro atoms. The first-order valence-electron chi connectivity index (χ1n) is 7.23. The Morgan fingerprint density at radius 3 is 2.55 bits per heavy atom. The molecule has 1 amide bonds. The Kier molecular flexibility index (Phi) is 4.54. The fourth-order valence-corrected chi connectivity index (χ4v) is 2.29. The molecule has 1 aromatic rings. The van der Waals surface area contributed by atoms with E-state index in [0.29, 0.717) is 13.1 Å². The van der Waals surface area contributed by atoms with Crippen LogP contribution in [0.2, 0.25) is 0 Å². The zero-order valence-corrected chi connectivity index (χ0v) is 13.0. The average molecular weight is 307 g/mol. The number of hydrogen-bond acceptors (Lipinski definition) is 5. The van der Waals surface area contributed by atoms with Gasteiger partial charge in [-0.3, -0.25) is 10.1 Å². The first kappa shape index (κ1) is 16.1. The number of hydrogen-bond donors (Lipinski definition) is 1. The molecule has 7 nitrogen and oxygen atoms in total. The van der Waals surface area contributed by atoms with Crippen molar-refractivity contribution in [1.82, 2.24) is 4.90 Å². The molecule has 0 bridgehead atoms. The molecule has 0 radical (unpaired) electrons. The largest absolute Gasteiger partial charge is 0.444 e. The minimum absolute atomic E-state index is 0.0624. The van der Waals surface area contributed by atoms with Crippen molar-refractivity contribution in [2.45, 2.75) is 38.8 Å². The van der Waals surface area contributed by atoms with Crippen LogP contribution in [0.25, 0.3) is 0 Å². The quantitative estimate of drug-likeness (QED) is 0.685. The van der Waals surface area contributed by atoms with Crippen molar-refractivity contribution in [2.75, 3.05) is 18.4 Å². The van der Waals surface area contributed by atoms with Crippen molar-refractivity contribution in [3.8, 4) is 0 Å². The molecule has 0 unspecified atom stereocenters. The van der Waals surface area contributed by atoms with Crippen LogP contribution < -0.4 is 5.32 Å². The summed E-state index contributed by atoms with van der Waals surface area (Å²) in [6.07, 6.45) is 0.511. The molecule has 0 aliphatic carbocycles. The third-order valence-electron chi connectivity index (χ3n) is 3.29. The van der Waals surface area contributed by atoms with Gasteiger partial charge in [0.25, 0.3) is 5.69 Å². The summed E-state index contributed by atoms with van der Waals surface area (Å²) in [6, 6.07) is 6.39. The lowest BCUT2D eigenvalue weighted by atomic mass is 10.2. The van der Waals surface area contributed by atoms with Crippen LogP contribution in [0.3, 0.4) is 0 Å². The van der Waals surface area contributed by atoms with Crippen LogP contribution in [0, 0.1) is 10.1 Å². The molecule has 1 heterocycles. The number of likely N-dealkylation sites (tertiary alicyclic amines) is 1. The van der Waals surface area contributed by atoms with Crippen molar-refractivity contribution < 1.29 is 14.5 Å². The van der Waals surface area contributed by atoms with E-state index < -0.39 is 10.5 Å². The Bertz CT molecular complexity index is 551. The van der Waals surface area contributed by atoms with Gasteiger partial charge < -0.3 is 15.0 Å². The Morgan fingerprint density at radius 1 is 1.36 bits per heavy atom. The van der Waals surface area contributed by atoms with Crippen molar-refractivity contribution in [2.24, 2.45) is 0 Å². The van der Waals surface area contributed by atoms with Crippen molar-refractivity contribution in [3.63, 3.8) is 0 Å². The standard InChI is InChI=1S/C15H21N3O4/c1-15(2,3)22-14(19)17-9-8-12(10-17)16-11-4-6-13(7-5-11)18(20)21/h4-7,12,16H,8-10H2,1-3H3/t12-/m1/s1. The summed E-state index contributed by atoms with van der Waals surface area (Å²) in [5.41, 5.74) is 0.370. The molecule has 22 heavy (non-hydrogen) atoms. The highest BCUT2D eigenvalue weighted by Gasteiger charge is 2.29. The predicted molar refractivity (Wildman–Crippen MR) is 82.9 cm³/mol. The van der Waals surface area contributed by atoms with E-state index in [1.807, 2.05) is 20.8 Å². The van der Waals surface area contributed by atoms with Crippen molar-refractivity contribution in [3.05, 3.63) is 34.4 Å². The number of ether oxygens (including phenoxy) is 1. The molecular weight excluding hydrogens is 286 g/mol. The third-order valence-corrected chi connectivity index (χ3v) is 3.29. The van der Waals surface area contributed by atoms with Gasteiger partial charge in [0.05, 0.1) is 4.92 Å². The normalized spacial score (nSPS) is 18.1. The number of amides is 1. The van der Waals surface area contributed by atoms with Gasteiger partial charge in [-0.05, 0) is 39.3 Å². The Balaban J connectivity index is 1.88. The molecular formula is C15H21N3O4. The number of benzene rings is 1. The fraction of sp³-hybridized carbons (Fsp3) is 0.533. The number of anilines is 1. The van der Waals surface area contributed by atoms with Crippen LogP contribution in [0.5, 0.6) is 0 Å². The monoisotopic (exact) mass is 307 g/mol. The van der Waals surface area contributed by atoms with Gasteiger partial charge in [-0.25, -0.2) is 4.79 Å². The second kappa shape index (κ2) is 6.21. The lowest BCUT2D eigenvalue weighted by molar-refractivity contribution is -0.384. The molecule has 1 fully saturated rings. The Morgan fingerprint density at radius 2 is 2.00 bits per heavy atom. The van der Waals surface area contributed by atoms with Crippen LogP contribution in [-0.2, 0) is 4.74 Å². The number of nitrogens with zero attached hydrogens (tertiary/aromatic N) is 2. The highest BCUT2D eigenvalue weighted by atomic mass is 16.6. The van der Waals surface area contributed by atoms with E-state index in [1.54, 1.807) is 17.0 Å². The Labute approximate surface area is 129 Å². The number of non-ortho nitro benzene ring substituents is 1. The van der Waals surface area contributed by atoms with E-state index >= 15 is 0 Å². The lowest BCUT2D eigenvalue weighted by Gasteiger charge is -2.24. The van der Waals surface area contributed by atoms with Gasteiger partial charge in [-0.15, -0.1) is 0 Å². The number of rotatable bonds is 3. The topological polar surface area (TPSA) is 84.7 Å². The van der Waals surface area contributed by atoms with Crippen LogP contribution >= 0.6 is 0 Å². The minimum atomic E-state index is -0.499. The first-order valence-corrected chi connectivity index (χ1v) is 7.23. The van der Waals surface area contributed by atoms with Crippen LogP contribution in [0.1, 0.15) is 27.2 Å². The van der Waals surface area contributed by atoms with Gasteiger partial charge in [0.2, 0.25) is 0 Å². The van der Waals surface area contributed by atoms with Gasteiger partial charge in [0, 0.05) is 37.0 Å². The van der Waals surface area contributed by atoms with Crippen molar-refractivity contribution in [1.29, 1.82) is 0 Å². The van der Waals surface area contributed by atoms with E-state index in [2.05, 4.69) is 5.32 Å². The summed E-state index contributed by atoms with van der Waals surface area (Å²) < 4.78 is 5.35. The summed E-state index contributed by atoms with van der Waals surface area (Å²) in [4.78, 5) is 23.8. The molecule has 2 rings (SSSR count). The van der Waals surface area contributed by atoms with Crippen molar-refractivity contribution >= 4 is 17.5 Å². The molecule has 0 saturated carbocycles. The van der Waals surface area contributed by atoms with E-state index in [9.17, 15) is 14.9 Å². The summed E-state index contributed by atoms with van der Waals surface area (Å²) in [5.74, 6) is 0. The molecule has 1 aliphatic rings. The molecule has 1 aliphatic heterocycles. The van der Waals surface area contributed by atoms with Gasteiger partial charge in [-0.1, -0.05) is 0 Å². The highest BCUT2D eigenvalue weighted by molar-refractivity contribution is 5.68. The number of carbonyl (C=O) groups is 1. The zero-order valence-electron chi connectivity index (χ0n) is 13.0. The fourth-order valence-electron chi connectivity index (χ4n) is 2.29. The SMILES string of the molecule is CC(C)(C)OC(=O)N1CC[C@@H](Nc2ccc([N+](=O)[O-])cc2)C1. The number of nitro benzene ring substituents is 1. The molecule has 1 atom stereocenters. The van der Waals surface area contributed by atoms with E-state index in [-0.39, 0.29) is 17.8 Å². The summed E-state index contributed by atoms with van der Waals surface area (Å²) in [6.45, 7) is 6.72. The van der Waals surface area contributed by atoms with Crippen LogP contribution in [-0.4, -0.2) is 40.6 Å². The zero-order chi connectivity index (χ0) is 16.3. The predicted octanol–water partition coefficient (Wildman–Crippen LogP) is 3.02. The number of nitrogens with one attached hydrogen (secondary N) is 1. The van der Waals surface area contributed by atoms with Gasteiger partial charge >= 0.3 is 6.09 Å². The lowest BCUT2D eigenvalue weighted by Crippen LogP contribution is -2.36. The van der Waals surface area contributed by atoms with E-state index in [4.69, 9.17) is 4.74 Å². The van der Waals surface area contributed by atoms with Gasteiger partial charge in [0.1, 0.15) is 5.60 Å². The average Bonchev–Trinajstić information content (AvgIpc) is 2.86. The first-order chi connectivity index (χ1) is 10.2. The molecule has 1 aromatic carbocycles. The highest BCUT2D eigenvalue weighted by Crippen LogP contribution is 2.20. The summed E-state index contributed by atoms with van der Waals surface area (Å²) in [5, 5.41) is 13.9. The molecule has 7 heteroatoms.